The van der Waals surface area contributed by atoms with Crippen molar-refractivity contribution >= 4 is 23.6 Å². The van der Waals surface area contributed by atoms with E-state index in [0.717, 1.165) is 5.56 Å². The number of amides is 1. The Morgan fingerprint density at radius 3 is 2.39 bits per heavy atom. The Hall–Kier alpha value is -3.93. The number of esters is 1. The SMILES string of the molecule is COc1ccc(C)cc1NC(=O)[C@@H](OC(=O)/C=C/c1ccc(F)cc1)c1ccccc1. The van der Waals surface area contributed by atoms with Gasteiger partial charge in [0.05, 0.1) is 12.8 Å². The lowest BCUT2D eigenvalue weighted by molar-refractivity contribution is -0.149. The third-order valence-electron chi connectivity index (χ3n) is 4.47. The van der Waals surface area contributed by atoms with E-state index in [0.29, 0.717) is 22.6 Å². The van der Waals surface area contributed by atoms with Gasteiger partial charge in [-0.1, -0.05) is 48.5 Å². The standard InChI is InChI=1S/C25H22FNO4/c1-17-8-14-22(30-2)21(16-17)27-25(29)24(19-6-4-3-5-7-19)31-23(28)15-11-18-9-12-20(26)13-10-18/h3-16,24H,1-2H3,(H,27,29)/b15-11+/t24-/m0/s1. The number of halogens is 1. The number of hydrogen-bond donors (Lipinski definition) is 1. The molecule has 0 heterocycles. The molecular formula is C25H22FNO4. The summed E-state index contributed by atoms with van der Waals surface area (Å²) in [6.45, 7) is 1.89. The van der Waals surface area contributed by atoms with Gasteiger partial charge in [0.25, 0.3) is 5.91 Å². The van der Waals surface area contributed by atoms with E-state index in [9.17, 15) is 14.0 Å². The lowest BCUT2D eigenvalue weighted by atomic mass is 10.1. The highest BCUT2D eigenvalue weighted by Gasteiger charge is 2.25. The Morgan fingerprint density at radius 2 is 1.71 bits per heavy atom. The number of carbonyl (C=O) groups is 2. The zero-order valence-corrected chi connectivity index (χ0v) is 17.2. The summed E-state index contributed by atoms with van der Waals surface area (Å²) in [5, 5.41) is 2.78. The van der Waals surface area contributed by atoms with Crippen molar-refractivity contribution in [3.63, 3.8) is 0 Å². The van der Waals surface area contributed by atoms with E-state index in [4.69, 9.17) is 9.47 Å². The van der Waals surface area contributed by atoms with Crippen LogP contribution in [0.15, 0.2) is 78.9 Å². The summed E-state index contributed by atoms with van der Waals surface area (Å²) in [5.41, 5.74) is 2.57. The van der Waals surface area contributed by atoms with Crippen LogP contribution in [0, 0.1) is 12.7 Å². The van der Waals surface area contributed by atoms with Crippen molar-refractivity contribution in [3.8, 4) is 5.75 Å². The molecule has 0 spiro atoms. The van der Waals surface area contributed by atoms with Crippen molar-refractivity contribution in [2.75, 3.05) is 12.4 Å². The van der Waals surface area contributed by atoms with Crippen molar-refractivity contribution in [1.29, 1.82) is 0 Å². The molecule has 1 atom stereocenters. The number of nitrogens with one attached hydrogen (secondary N) is 1. The number of ether oxygens (including phenoxy) is 2. The number of rotatable bonds is 7. The molecule has 0 saturated carbocycles. The molecule has 6 heteroatoms. The predicted molar refractivity (Wildman–Crippen MR) is 117 cm³/mol. The van der Waals surface area contributed by atoms with Crippen molar-refractivity contribution in [1.82, 2.24) is 0 Å². The summed E-state index contributed by atoms with van der Waals surface area (Å²) in [6, 6.07) is 19.8. The van der Waals surface area contributed by atoms with Gasteiger partial charge in [-0.25, -0.2) is 9.18 Å². The molecule has 0 aliphatic heterocycles. The second-order valence-corrected chi connectivity index (χ2v) is 6.81. The van der Waals surface area contributed by atoms with Crippen molar-refractivity contribution < 1.29 is 23.5 Å². The first-order chi connectivity index (χ1) is 15.0. The largest absolute Gasteiger partial charge is 0.495 e. The van der Waals surface area contributed by atoms with Crippen LogP contribution in [0.1, 0.15) is 22.8 Å². The lowest BCUT2D eigenvalue weighted by Crippen LogP contribution is -2.25. The first kappa shape index (κ1) is 21.8. The van der Waals surface area contributed by atoms with Gasteiger partial charge in [-0.2, -0.15) is 0 Å². The number of carbonyl (C=O) groups excluding carboxylic acids is 2. The summed E-state index contributed by atoms with van der Waals surface area (Å²) in [7, 11) is 1.51. The molecule has 3 aromatic carbocycles. The fourth-order valence-electron chi connectivity index (χ4n) is 2.91. The number of benzene rings is 3. The normalized spacial score (nSPS) is 11.7. The van der Waals surface area contributed by atoms with Crippen LogP contribution in [0.5, 0.6) is 5.75 Å². The quantitative estimate of drug-likeness (QED) is 0.429. The van der Waals surface area contributed by atoms with Crippen LogP contribution in [0.25, 0.3) is 6.08 Å². The van der Waals surface area contributed by atoms with Gasteiger partial charge in [0.15, 0.2) is 0 Å². The molecule has 0 aliphatic rings. The van der Waals surface area contributed by atoms with E-state index in [2.05, 4.69) is 5.32 Å². The minimum atomic E-state index is -1.17. The van der Waals surface area contributed by atoms with E-state index in [-0.39, 0.29) is 5.82 Å². The van der Waals surface area contributed by atoms with Gasteiger partial charge in [0.2, 0.25) is 6.10 Å². The van der Waals surface area contributed by atoms with Gasteiger partial charge in [-0.15, -0.1) is 0 Å². The maximum atomic E-state index is 13.0. The minimum Gasteiger partial charge on any atom is -0.495 e. The summed E-state index contributed by atoms with van der Waals surface area (Å²) >= 11 is 0. The number of anilines is 1. The summed E-state index contributed by atoms with van der Waals surface area (Å²) in [5.74, 6) is -1.09. The highest BCUT2D eigenvalue weighted by atomic mass is 19.1. The molecule has 31 heavy (non-hydrogen) atoms. The molecule has 0 saturated heterocycles. The Labute approximate surface area is 180 Å². The van der Waals surface area contributed by atoms with Gasteiger partial charge < -0.3 is 14.8 Å². The van der Waals surface area contributed by atoms with E-state index < -0.39 is 18.0 Å². The molecule has 0 bridgehead atoms. The zero-order valence-electron chi connectivity index (χ0n) is 17.2. The average molecular weight is 419 g/mol. The molecule has 0 unspecified atom stereocenters. The van der Waals surface area contributed by atoms with E-state index in [1.165, 1.54) is 43.5 Å². The Morgan fingerprint density at radius 1 is 1.00 bits per heavy atom. The van der Waals surface area contributed by atoms with Crippen LogP contribution in [-0.2, 0) is 14.3 Å². The molecule has 0 fully saturated rings. The number of methoxy groups -OCH3 is 1. The van der Waals surface area contributed by atoms with Gasteiger partial charge >= 0.3 is 5.97 Å². The highest BCUT2D eigenvalue weighted by Crippen LogP contribution is 2.27. The monoisotopic (exact) mass is 419 g/mol. The maximum Gasteiger partial charge on any atom is 0.331 e. The van der Waals surface area contributed by atoms with Gasteiger partial charge in [0.1, 0.15) is 11.6 Å². The van der Waals surface area contributed by atoms with E-state index >= 15 is 0 Å². The molecule has 1 amide bonds. The lowest BCUT2D eigenvalue weighted by Gasteiger charge is -2.18. The van der Waals surface area contributed by atoms with Crippen LogP contribution >= 0.6 is 0 Å². The molecule has 0 aliphatic carbocycles. The smallest absolute Gasteiger partial charge is 0.331 e. The number of aryl methyl sites for hydroxylation is 1. The van der Waals surface area contributed by atoms with Crippen molar-refractivity contribution in [2.24, 2.45) is 0 Å². The van der Waals surface area contributed by atoms with E-state index in [1.807, 2.05) is 13.0 Å². The minimum absolute atomic E-state index is 0.368. The first-order valence-corrected chi connectivity index (χ1v) is 9.61. The first-order valence-electron chi connectivity index (χ1n) is 9.61. The highest BCUT2D eigenvalue weighted by molar-refractivity contribution is 5.98. The topological polar surface area (TPSA) is 64.6 Å². The second kappa shape index (κ2) is 10.2. The molecule has 0 aromatic heterocycles. The van der Waals surface area contributed by atoms with Crippen LogP contribution in [0.3, 0.4) is 0 Å². The molecule has 3 rings (SSSR count). The van der Waals surface area contributed by atoms with Crippen molar-refractivity contribution in [2.45, 2.75) is 13.0 Å². The fourth-order valence-corrected chi connectivity index (χ4v) is 2.91. The second-order valence-electron chi connectivity index (χ2n) is 6.81. The zero-order chi connectivity index (χ0) is 22.2. The summed E-state index contributed by atoms with van der Waals surface area (Å²) in [4.78, 5) is 25.4. The van der Waals surface area contributed by atoms with Crippen LogP contribution in [0.4, 0.5) is 10.1 Å². The molecule has 1 N–H and O–H groups in total. The number of hydrogen-bond acceptors (Lipinski definition) is 4. The molecule has 0 radical (unpaired) electrons. The van der Waals surface area contributed by atoms with Crippen LogP contribution in [-0.4, -0.2) is 19.0 Å². The van der Waals surface area contributed by atoms with Gasteiger partial charge in [-0.3, -0.25) is 4.79 Å². The molecule has 5 nitrogen and oxygen atoms in total. The predicted octanol–water partition coefficient (Wildman–Crippen LogP) is 5.08. The third kappa shape index (κ3) is 6.02. The average Bonchev–Trinajstić information content (AvgIpc) is 2.78. The Bertz CT molecular complexity index is 1080. The fraction of sp³-hybridized carbons (Fsp3) is 0.120. The maximum absolute atomic E-state index is 13.0. The molecule has 158 valence electrons. The third-order valence-corrected chi connectivity index (χ3v) is 4.47. The Balaban J connectivity index is 1.80. The molecule has 3 aromatic rings. The summed E-state index contributed by atoms with van der Waals surface area (Å²) in [6.07, 6.45) is 1.52. The Kier molecular flexibility index (Phi) is 7.17. The van der Waals surface area contributed by atoms with E-state index in [1.54, 1.807) is 42.5 Å². The molecular weight excluding hydrogens is 397 g/mol. The van der Waals surface area contributed by atoms with Crippen LogP contribution < -0.4 is 10.1 Å². The van der Waals surface area contributed by atoms with Gasteiger partial charge in [-0.05, 0) is 48.4 Å². The van der Waals surface area contributed by atoms with Gasteiger partial charge in [0, 0.05) is 11.6 Å². The van der Waals surface area contributed by atoms with Crippen LogP contribution in [0.2, 0.25) is 0 Å². The van der Waals surface area contributed by atoms with Crippen molar-refractivity contribution in [3.05, 3.63) is 101 Å². The summed E-state index contributed by atoms with van der Waals surface area (Å²) < 4.78 is 23.8.